The predicted molar refractivity (Wildman–Crippen MR) is 61.4 cm³/mol. The van der Waals surface area contributed by atoms with E-state index in [2.05, 4.69) is 15.5 Å². The van der Waals surface area contributed by atoms with Crippen LogP contribution in [0.2, 0.25) is 0 Å². The Kier molecular flexibility index (Phi) is 4.37. The fraction of sp³-hybridized carbons (Fsp3) is 0.545. The lowest BCUT2D eigenvalue weighted by Gasteiger charge is -2.24. The van der Waals surface area contributed by atoms with E-state index in [4.69, 9.17) is 5.73 Å². The lowest BCUT2D eigenvalue weighted by molar-refractivity contribution is -0.126. The molecule has 5 heteroatoms. The summed E-state index contributed by atoms with van der Waals surface area (Å²) in [4.78, 5) is 11.8. The number of rotatable bonds is 5. The molecule has 1 amide bonds. The van der Waals surface area contributed by atoms with Crippen LogP contribution in [0.25, 0.3) is 0 Å². The van der Waals surface area contributed by atoms with Crippen molar-refractivity contribution in [1.29, 1.82) is 0 Å². The maximum Gasteiger partial charge on any atom is 0.240 e. The zero-order valence-electron chi connectivity index (χ0n) is 9.73. The smallest absolute Gasteiger partial charge is 0.240 e. The zero-order valence-corrected chi connectivity index (χ0v) is 9.73. The monoisotopic (exact) mass is 222 g/mol. The van der Waals surface area contributed by atoms with Gasteiger partial charge in [-0.1, -0.05) is 13.8 Å². The third kappa shape index (κ3) is 3.00. The molecule has 0 fully saturated rings. The average Bonchev–Trinajstić information content (AvgIpc) is 2.36. The van der Waals surface area contributed by atoms with Crippen LogP contribution in [0, 0.1) is 0 Å². The van der Waals surface area contributed by atoms with E-state index in [1.165, 1.54) is 0 Å². The molecule has 0 bridgehead atoms. The highest BCUT2D eigenvalue weighted by atomic mass is 16.2. The summed E-state index contributed by atoms with van der Waals surface area (Å²) in [7, 11) is 0. The molecule has 1 aromatic heterocycles. The Bertz CT molecular complexity index is 335. The van der Waals surface area contributed by atoms with Gasteiger partial charge in [0, 0.05) is 6.20 Å². The standard InChI is InChI=1S/C11H18N4O/c1-3-11(12,4-2)10(16)13-8-9-6-5-7-14-15-9/h5-7H,3-4,8,12H2,1-2H3,(H,13,16). The molecule has 5 nitrogen and oxygen atoms in total. The molecular formula is C11H18N4O. The van der Waals surface area contributed by atoms with E-state index in [1.54, 1.807) is 12.3 Å². The van der Waals surface area contributed by atoms with Gasteiger partial charge in [0.05, 0.1) is 17.8 Å². The van der Waals surface area contributed by atoms with Gasteiger partial charge in [0.25, 0.3) is 0 Å². The van der Waals surface area contributed by atoms with Gasteiger partial charge in [0.1, 0.15) is 0 Å². The summed E-state index contributed by atoms with van der Waals surface area (Å²) in [5, 5.41) is 10.4. The number of hydrogen-bond donors (Lipinski definition) is 2. The molecule has 0 aliphatic carbocycles. The maximum absolute atomic E-state index is 11.8. The van der Waals surface area contributed by atoms with Crippen molar-refractivity contribution in [2.24, 2.45) is 5.73 Å². The topological polar surface area (TPSA) is 80.9 Å². The lowest BCUT2D eigenvalue weighted by Crippen LogP contribution is -2.52. The van der Waals surface area contributed by atoms with E-state index >= 15 is 0 Å². The summed E-state index contributed by atoms with van der Waals surface area (Å²) < 4.78 is 0. The van der Waals surface area contributed by atoms with Crippen molar-refractivity contribution in [3.63, 3.8) is 0 Å². The van der Waals surface area contributed by atoms with Crippen molar-refractivity contribution in [3.8, 4) is 0 Å². The van der Waals surface area contributed by atoms with Crippen LogP contribution in [0.4, 0.5) is 0 Å². The van der Waals surface area contributed by atoms with Crippen LogP contribution in [0.3, 0.4) is 0 Å². The third-order valence-electron chi connectivity index (χ3n) is 2.77. The highest BCUT2D eigenvalue weighted by Crippen LogP contribution is 2.11. The zero-order chi connectivity index (χ0) is 12.0. The van der Waals surface area contributed by atoms with Crippen molar-refractivity contribution < 1.29 is 4.79 Å². The molecule has 1 rings (SSSR count). The van der Waals surface area contributed by atoms with Crippen molar-refractivity contribution in [2.45, 2.75) is 38.8 Å². The lowest BCUT2D eigenvalue weighted by atomic mass is 9.93. The Balaban J connectivity index is 2.53. The van der Waals surface area contributed by atoms with Crippen molar-refractivity contribution in [3.05, 3.63) is 24.0 Å². The minimum atomic E-state index is -0.776. The summed E-state index contributed by atoms with van der Waals surface area (Å²) >= 11 is 0. The number of hydrogen-bond acceptors (Lipinski definition) is 4. The first kappa shape index (κ1) is 12.6. The molecule has 0 aromatic carbocycles. The van der Waals surface area contributed by atoms with Gasteiger partial charge >= 0.3 is 0 Å². The van der Waals surface area contributed by atoms with Gasteiger partial charge in [-0.05, 0) is 25.0 Å². The molecule has 1 aromatic rings. The molecule has 0 spiro atoms. The molecule has 16 heavy (non-hydrogen) atoms. The molecule has 0 saturated heterocycles. The average molecular weight is 222 g/mol. The van der Waals surface area contributed by atoms with Gasteiger partial charge in [-0.3, -0.25) is 4.79 Å². The molecule has 0 aliphatic rings. The molecule has 0 saturated carbocycles. The van der Waals surface area contributed by atoms with Crippen LogP contribution in [0.1, 0.15) is 32.4 Å². The molecule has 0 unspecified atom stereocenters. The Morgan fingerprint density at radius 2 is 2.19 bits per heavy atom. The second-order valence-electron chi connectivity index (χ2n) is 3.76. The van der Waals surface area contributed by atoms with Crippen LogP contribution in [-0.4, -0.2) is 21.6 Å². The van der Waals surface area contributed by atoms with Crippen LogP contribution >= 0.6 is 0 Å². The van der Waals surface area contributed by atoms with E-state index in [9.17, 15) is 4.79 Å². The van der Waals surface area contributed by atoms with Gasteiger partial charge in [0.2, 0.25) is 5.91 Å². The van der Waals surface area contributed by atoms with Gasteiger partial charge in [-0.25, -0.2) is 0 Å². The molecular weight excluding hydrogens is 204 g/mol. The molecule has 1 heterocycles. The Labute approximate surface area is 95.4 Å². The minimum Gasteiger partial charge on any atom is -0.349 e. The van der Waals surface area contributed by atoms with E-state index in [-0.39, 0.29) is 5.91 Å². The normalized spacial score (nSPS) is 11.2. The third-order valence-corrected chi connectivity index (χ3v) is 2.77. The quantitative estimate of drug-likeness (QED) is 0.765. The Morgan fingerprint density at radius 3 is 2.69 bits per heavy atom. The van der Waals surface area contributed by atoms with Gasteiger partial charge in [-0.15, -0.1) is 0 Å². The number of nitrogens with two attached hydrogens (primary N) is 1. The van der Waals surface area contributed by atoms with Crippen molar-refractivity contribution >= 4 is 5.91 Å². The Morgan fingerprint density at radius 1 is 1.50 bits per heavy atom. The van der Waals surface area contributed by atoms with Crippen LogP contribution in [-0.2, 0) is 11.3 Å². The molecule has 0 atom stereocenters. The molecule has 0 radical (unpaired) electrons. The van der Waals surface area contributed by atoms with Crippen LogP contribution < -0.4 is 11.1 Å². The number of nitrogens with one attached hydrogen (secondary N) is 1. The minimum absolute atomic E-state index is 0.136. The summed E-state index contributed by atoms with van der Waals surface area (Å²) in [6.07, 6.45) is 2.84. The first-order valence-corrected chi connectivity index (χ1v) is 5.46. The summed E-state index contributed by atoms with van der Waals surface area (Å²) in [6, 6.07) is 3.59. The number of amides is 1. The molecule has 88 valence electrons. The number of carbonyl (C=O) groups excluding carboxylic acids is 1. The Hall–Kier alpha value is -1.49. The summed E-state index contributed by atoms with van der Waals surface area (Å²) in [5.74, 6) is -0.136. The van der Waals surface area contributed by atoms with E-state index in [1.807, 2.05) is 19.9 Å². The number of nitrogens with zero attached hydrogens (tertiary/aromatic N) is 2. The fourth-order valence-electron chi connectivity index (χ4n) is 1.35. The summed E-state index contributed by atoms with van der Waals surface area (Å²) in [6.45, 7) is 4.18. The van der Waals surface area contributed by atoms with Crippen molar-refractivity contribution in [1.82, 2.24) is 15.5 Å². The van der Waals surface area contributed by atoms with Gasteiger partial charge < -0.3 is 11.1 Å². The molecule has 3 N–H and O–H groups in total. The highest BCUT2D eigenvalue weighted by molar-refractivity contribution is 5.85. The predicted octanol–water partition coefficient (Wildman–Crippen LogP) is 0.610. The number of aromatic nitrogens is 2. The number of carbonyl (C=O) groups is 1. The first-order valence-electron chi connectivity index (χ1n) is 5.46. The first-order chi connectivity index (χ1) is 7.62. The SMILES string of the molecule is CCC(N)(CC)C(=O)NCc1cccnn1. The maximum atomic E-state index is 11.8. The van der Waals surface area contributed by atoms with E-state index in [0.29, 0.717) is 19.4 Å². The second kappa shape index (κ2) is 5.55. The van der Waals surface area contributed by atoms with Crippen LogP contribution in [0.5, 0.6) is 0 Å². The summed E-state index contributed by atoms with van der Waals surface area (Å²) in [5.41, 5.74) is 5.91. The van der Waals surface area contributed by atoms with Gasteiger partial charge in [-0.2, -0.15) is 10.2 Å². The van der Waals surface area contributed by atoms with E-state index < -0.39 is 5.54 Å². The van der Waals surface area contributed by atoms with Gasteiger partial charge in [0.15, 0.2) is 0 Å². The fourth-order valence-corrected chi connectivity index (χ4v) is 1.35. The molecule has 0 aliphatic heterocycles. The van der Waals surface area contributed by atoms with E-state index in [0.717, 1.165) is 5.69 Å². The van der Waals surface area contributed by atoms with Crippen molar-refractivity contribution in [2.75, 3.05) is 0 Å². The second-order valence-corrected chi connectivity index (χ2v) is 3.76. The highest BCUT2D eigenvalue weighted by Gasteiger charge is 2.29. The largest absolute Gasteiger partial charge is 0.349 e. The van der Waals surface area contributed by atoms with Crippen LogP contribution in [0.15, 0.2) is 18.3 Å².